The van der Waals surface area contributed by atoms with Gasteiger partial charge in [-0.3, -0.25) is 0 Å². The van der Waals surface area contributed by atoms with E-state index in [0.717, 1.165) is 17.9 Å². The molecule has 1 saturated carbocycles. The fourth-order valence-corrected chi connectivity index (χ4v) is 4.93. The third-order valence-corrected chi connectivity index (χ3v) is 5.98. The summed E-state index contributed by atoms with van der Waals surface area (Å²) in [6, 6.07) is 0.789. The van der Waals surface area contributed by atoms with Gasteiger partial charge in [0.05, 0.1) is 0 Å². The molecule has 1 aliphatic heterocycles. The Bertz CT molecular complexity index is 253. The minimum absolute atomic E-state index is 0.789. The lowest BCUT2D eigenvalue weighted by Gasteiger charge is -2.40. The molecule has 118 valence electrons. The monoisotopic (exact) mass is 298 g/mol. The minimum atomic E-state index is 0.789. The van der Waals surface area contributed by atoms with E-state index in [4.69, 9.17) is 0 Å². The SMILES string of the molecule is CCCNC1CCC(CCC)CC1CN1CCSCC1. The molecule has 2 rings (SSSR count). The first kappa shape index (κ1) is 16.6. The highest BCUT2D eigenvalue weighted by atomic mass is 32.2. The Hall–Kier alpha value is 0.270. The molecule has 2 aliphatic rings. The molecule has 1 heterocycles. The lowest BCUT2D eigenvalue weighted by atomic mass is 9.76. The molecule has 0 aromatic carbocycles. The van der Waals surface area contributed by atoms with E-state index in [0.29, 0.717) is 0 Å². The molecule has 1 N–H and O–H groups in total. The van der Waals surface area contributed by atoms with Crippen LogP contribution in [0.4, 0.5) is 0 Å². The van der Waals surface area contributed by atoms with Crippen molar-refractivity contribution in [2.24, 2.45) is 11.8 Å². The van der Waals surface area contributed by atoms with Crippen molar-refractivity contribution >= 4 is 11.8 Å². The number of nitrogens with one attached hydrogen (secondary N) is 1. The van der Waals surface area contributed by atoms with Gasteiger partial charge in [-0.05, 0) is 44.1 Å². The Labute approximate surface area is 130 Å². The van der Waals surface area contributed by atoms with E-state index < -0.39 is 0 Å². The summed E-state index contributed by atoms with van der Waals surface area (Å²) in [5, 5.41) is 3.84. The molecule has 0 radical (unpaired) electrons. The van der Waals surface area contributed by atoms with Crippen LogP contribution < -0.4 is 5.32 Å². The van der Waals surface area contributed by atoms with Gasteiger partial charge in [0.15, 0.2) is 0 Å². The van der Waals surface area contributed by atoms with Crippen molar-refractivity contribution in [1.82, 2.24) is 10.2 Å². The third-order valence-electron chi connectivity index (χ3n) is 5.04. The molecule has 3 atom stereocenters. The summed E-state index contributed by atoms with van der Waals surface area (Å²) in [5.41, 5.74) is 0. The first-order chi connectivity index (χ1) is 9.83. The quantitative estimate of drug-likeness (QED) is 0.773. The van der Waals surface area contributed by atoms with E-state index in [2.05, 4.69) is 35.8 Å². The second-order valence-electron chi connectivity index (χ2n) is 6.70. The minimum Gasteiger partial charge on any atom is -0.314 e. The number of thioether (sulfide) groups is 1. The van der Waals surface area contributed by atoms with Gasteiger partial charge >= 0.3 is 0 Å². The summed E-state index contributed by atoms with van der Waals surface area (Å²) < 4.78 is 0. The van der Waals surface area contributed by atoms with Crippen molar-refractivity contribution in [3.8, 4) is 0 Å². The fraction of sp³-hybridized carbons (Fsp3) is 1.00. The van der Waals surface area contributed by atoms with Gasteiger partial charge in [-0.25, -0.2) is 0 Å². The normalized spacial score (nSPS) is 32.4. The van der Waals surface area contributed by atoms with Gasteiger partial charge in [0.25, 0.3) is 0 Å². The van der Waals surface area contributed by atoms with Crippen molar-refractivity contribution in [3.05, 3.63) is 0 Å². The summed E-state index contributed by atoms with van der Waals surface area (Å²) in [6.45, 7) is 9.82. The Morgan fingerprint density at radius 3 is 2.60 bits per heavy atom. The van der Waals surface area contributed by atoms with Crippen LogP contribution in [0.25, 0.3) is 0 Å². The van der Waals surface area contributed by atoms with Gasteiger partial charge in [0.1, 0.15) is 0 Å². The van der Waals surface area contributed by atoms with E-state index >= 15 is 0 Å². The van der Waals surface area contributed by atoms with Crippen LogP contribution in [-0.2, 0) is 0 Å². The zero-order valence-corrected chi connectivity index (χ0v) is 14.4. The van der Waals surface area contributed by atoms with Gasteiger partial charge in [-0.1, -0.05) is 26.7 Å². The maximum atomic E-state index is 3.84. The van der Waals surface area contributed by atoms with E-state index in [-0.39, 0.29) is 0 Å². The Morgan fingerprint density at radius 2 is 1.90 bits per heavy atom. The predicted molar refractivity (Wildman–Crippen MR) is 91.6 cm³/mol. The maximum absolute atomic E-state index is 3.84. The van der Waals surface area contributed by atoms with Crippen molar-refractivity contribution < 1.29 is 0 Å². The molecule has 0 aromatic heterocycles. The largest absolute Gasteiger partial charge is 0.314 e. The standard InChI is InChI=1S/C17H34N2S/c1-3-5-15-6-7-17(18-8-4-2)16(13-15)14-19-9-11-20-12-10-19/h15-18H,3-14H2,1-2H3. The van der Waals surface area contributed by atoms with E-state index in [1.165, 1.54) is 76.2 Å². The molecule has 2 nitrogen and oxygen atoms in total. The van der Waals surface area contributed by atoms with Crippen molar-refractivity contribution in [2.75, 3.05) is 37.7 Å². The smallest absolute Gasteiger partial charge is 0.0108 e. The van der Waals surface area contributed by atoms with Gasteiger partial charge in [-0.2, -0.15) is 11.8 Å². The number of hydrogen-bond acceptors (Lipinski definition) is 3. The molecular weight excluding hydrogens is 264 g/mol. The van der Waals surface area contributed by atoms with Gasteiger partial charge in [0.2, 0.25) is 0 Å². The van der Waals surface area contributed by atoms with Crippen LogP contribution >= 0.6 is 11.8 Å². The molecule has 1 aliphatic carbocycles. The lowest BCUT2D eigenvalue weighted by Crippen LogP contribution is -2.47. The summed E-state index contributed by atoms with van der Waals surface area (Å²) in [5.74, 6) is 4.59. The first-order valence-electron chi connectivity index (χ1n) is 8.87. The molecule has 0 spiro atoms. The average Bonchev–Trinajstić information content (AvgIpc) is 2.48. The molecule has 0 amide bonds. The van der Waals surface area contributed by atoms with E-state index in [9.17, 15) is 0 Å². The van der Waals surface area contributed by atoms with Crippen LogP contribution in [0.2, 0.25) is 0 Å². The highest BCUT2D eigenvalue weighted by Gasteiger charge is 2.31. The molecule has 1 saturated heterocycles. The molecule has 20 heavy (non-hydrogen) atoms. The average molecular weight is 299 g/mol. The van der Waals surface area contributed by atoms with Crippen LogP contribution in [0.15, 0.2) is 0 Å². The highest BCUT2D eigenvalue weighted by Crippen LogP contribution is 2.33. The van der Waals surface area contributed by atoms with Crippen LogP contribution in [0, 0.1) is 11.8 Å². The highest BCUT2D eigenvalue weighted by molar-refractivity contribution is 7.99. The Morgan fingerprint density at radius 1 is 1.10 bits per heavy atom. The summed E-state index contributed by atoms with van der Waals surface area (Å²) in [4.78, 5) is 2.73. The molecule has 3 heteroatoms. The number of nitrogens with zero attached hydrogens (tertiary/aromatic N) is 1. The van der Waals surface area contributed by atoms with Gasteiger partial charge < -0.3 is 10.2 Å². The van der Waals surface area contributed by atoms with Crippen molar-refractivity contribution in [2.45, 2.75) is 58.4 Å². The lowest BCUT2D eigenvalue weighted by molar-refractivity contribution is 0.141. The zero-order chi connectivity index (χ0) is 14.2. The molecule has 0 bridgehead atoms. The van der Waals surface area contributed by atoms with Crippen LogP contribution in [0.5, 0.6) is 0 Å². The Balaban J connectivity index is 1.86. The predicted octanol–water partition coefficient (Wildman–Crippen LogP) is 3.62. The first-order valence-corrected chi connectivity index (χ1v) is 10.0. The second-order valence-corrected chi connectivity index (χ2v) is 7.93. The van der Waals surface area contributed by atoms with Gasteiger partial charge in [0, 0.05) is 37.2 Å². The maximum Gasteiger partial charge on any atom is 0.0108 e. The zero-order valence-electron chi connectivity index (χ0n) is 13.6. The van der Waals surface area contributed by atoms with Crippen molar-refractivity contribution in [3.63, 3.8) is 0 Å². The Kier molecular flexibility index (Phi) is 7.75. The van der Waals surface area contributed by atoms with E-state index in [1.54, 1.807) is 0 Å². The summed E-state index contributed by atoms with van der Waals surface area (Å²) in [7, 11) is 0. The second kappa shape index (κ2) is 9.32. The summed E-state index contributed by atoms with van der Waals surface area (Å²) in [6.07, 6.45) is 8.43. The molecule has 0 aromatic rings. The molecular formula is C17H34N2S. The fourth-order valence-electron chi connectivity index (χ4n) is 3.95. The van der Waals surface area contributed by atoms with Crippen LogP contribution in [0.3, 0.4) is 0 Å². The third kappa shape index (κ3) is 5.23. The number of hydrogen-bond donors (Lipinski definition) is 1. The number of rotatable bonds is 7. The topological polar surface area (TPSA) is 15.3 Å². The van der Waals surface area contributed by atoms with Crippen molar-refractivity contribution in [1.29, 1.82) is 0 Å². The summed E-state index contributed by atoms with van der Waals surface area (Å²) >= 11 is 2.13. The van der Waals surface area contributed by atoms with E-state index in [1.807, 2.05) is 0 Å². The van der Waals surface area contributed by atoms with Crippen LogP contribution in [-0.4, -0.2) is 48.6 Å². The van der Waals surface area contributed by atoms with Gasteiger partial charge in [-0.15, -0.1) is 0 Å². The van der Waals surface area contributed by atoms with Crippen LogP contribution in [0.1, 0.15) is 52.4 Å². The molecule has 3 unspecified atom stereocenters. The molecule has 2 fully saturated rings.